The normalized spacial score (nSPS) is 20.8. The molecule has 0 radical (unpaired) electrons. The summed E-state index contributed by atoms with van der Waals surface area (Å²) in [7, 11) is 0. The summed E-state index contributed by atoms with van der Waals surface area (Å²) in [5.41, 5.74) is -0.450. The summed E-state index contributed by atoms with van der Waals surface area (Å²) in [6, 6.07) is 0. The molecule has 12 heteroatoms. The number of rotatable bonds is 8. The number of carbonyl (C=O) groups is 4. The summed E-state index contributed by atoms with van der Waals surface area (Å²) in [4.78, 5) is 51.9. The molecule has 31 heavy (non-hydrogen) atoms. The monoisotopic (exact) mass is 446 g/mol. The molecular formula is C19H34N4O8. The largest absolute Gasteiger partial charge is 0.480 e. The molecule has 178 valence electrons. The van der Waals surface area contributed by atoms with E-state index in [-0.39, 0.29) is 26.2 Å². The second kappa shape index (κ2) is 12.5. The van der Waals surface area contributed by atoms with Gasteiger partial charge in [-0.05, 0) is 5.41 Å². The first-order chi connectivity index (χ1) is 14.4. The minimum atomic E-state index is -1.02. The van der Waals surface area contributed by atoms with Crippen LogP contribution in [0.15, 0.2) is 0 Å². The molecule has 1 rings (SSSR count). The first-order valence-electron chi connectivity index (χ1n) is 10.1. The van der Waals surface area contributed by atoms with Crippen LogP contribution in [0, 0.1) is 5.41 Å². The van der Waals surface area contributed by atoms with Gasteiger partial charge in [-0.2, -0.15) is 0 Å². The highest BCUT2D eigenvalue weighted by Crippen LogP contribution is 2.19. The standard InChI is InChI=1S/C19H34N4O8/c1-19(2)13-22(11-17(28)29)7-5-20(9-15(24)25)3-4-21(10-16(26)27)6-8-23(14-19)12-18(30)31/h3-14H2,1-2H3,(H,24,25)(H,26,27)(H,28,29)(H,30,31). The molecule has 1 aliphatic heterocycles. The minimum Gasteiger partial charge on any atom is -0.480 e. The molecule has 0 aromatic rings. The highest BCUT2D eigenvalue weighted by atomic mass is 16.4. The van der Waals surface area contributed by atoms with Crippen LogP contribution in [0.4, 0.5) is 0 Å². The Morgan fingerprint density at radius 1 is 0.548 bits per heavy atom. The molecule has 0 unspecified atom stereocenters. The van der Waals surface area contributed by atoms with Crippen molar-refractivity contribution >= 4 is 23.9 Å². The van der Waals surface area contributed by atoms with E-state index in [9.17, 15) is 39.6 Å². The molecule has 0 bridgehead atoms. The molecule has 0 saturated carbocycles. The zero-order chi connectivity index (χ0) is 23.6. The molecule has 0 aromatic carbocycles. The van der Waals surface area contributed by atoms with Gasteiger partial charge in [0.05, 0.1) is 26.2 Å². The Labute approximate surface area is 181 Å². The van der Waals surface area contributed by atoms with Crippen molar-refractivity contribution in [2.45, 2.75) is 13.8 Å². The molecule has 4 N–H and O–H groups in total. The molecule has 0 atom stereocenters. The Morgan fingerprint density at radius 2 is 0.774 bits per heavy atom. The molecule has 0 aliphatic carbocycles. The zero-order valence-electron chi connectivity index (χ0n) is 18.2. The lowest BCUT2D eigenvalue weighted by Gasteiger charge is -2.36. The van der Waals surface area contributed by atoms with Crippen molar-refractivity contribution < 1.29 is 39.6 Å². The summed E-state index contributed by atoms with van der Waals surface area (Å²) >= 11 is 0. The summed E-state index contributed by atoms with van der Waals surface area (Å²) in [6.07, 6.45) is 0. The van der Waals surface area contributed by atoms with Crippen LogP contribution < -0.4 is 0 Å². The predicted octanol–water partition coefficient (Wildman–Crippen LogP) is -1.43. The van der Waals surface area contributed by atoms with Crippen LogP contribution >= 0.6 is 0 Å². The van der Waals surface area contributed by atoms with Crippen molar-refractivity contribution in [3.63, 3.8) is 0 Å². The van der Waals surface area contributed by atoms with Crippen LogP contribution in [-0.2, 0) is 19.2 Å². The van der Waals surface area contributed by atoms with Crippen molar-refractivity contribution in [1.29, 1.82) is 0 Å². The third-order valence-electron chi connectivity index (χ3n) is 4.94. The molecule has 0 amide bonds. The maximum absolute atomic E-state index is 11.3. The van der Waals surface area contributed by atoms with Gasteiger partial charge in [-0.15, -0.1) is 0 Å². The van der Waals surface area contributed by atoms with E-state index in [1.54, 1.807) is 19.6 Å². The lowest BCUT2D eigenvalue weighted by atomic mass is 9.91. The highest BCUT2D eigenvalue weighted by molar-refractivity contribution is 5.70. The summed E-state index contributed by atoms with van der Waals surface area (Å²) in [5, 5.41) is 36.9. The zero-order valence-corrected chi connectivity index (χ0v) is 18.2. The Hall–Kier alpha value is -2.28. The Balaban J connectivity index is 3.12. The summed E-state index contributed by atoms with van der Waals surface area (Å²) in [6.45, 7) is 5.55. The third kappa shape index (κ3) is 12.2. The fraction of sp³-hybridized carbons (Fsp3) is 0.789. The fourth-order valence-electron chi connectivity index (χ4n) is 3.84. The van der Waals surface area contributed by atoms with Crippen molar-refractivity contribution in [3.05, 3.63) is 0 Å². The number of aliphatic carboxylic acids is 4. The van der Waals surface area contributed by atoms with Crippen molar-refractivity contribution in [3.8, 4) is 0 Å². The highest BCUT2D eigenvalue weighted by Gasteiger charge is 2.28. The number of nitrogens with zero attached hydrogens (tertiary/aromatic N) is 4. The van der Waals surface area contributed by atoms with E-state index in [1.807, 2.05) is 13.8 Å². The van der Waals surface area contributed by atoms with Crippen molar-refractivity contribution in [2.24, 2.45) is 5.41 Å². The molecule has 0 spiro atoms. The topological polar surface area (TPSA) is 162 Å². The van der Waals surface area contributed by atoms with E-state index < -0.39 is 29.3 Å². The smallest absolute Gasteiger partial charge is 0.317 e. The van der Waals surface area contributed by atoms with Gasteiger partial charge in [-0.25, -0.2) is 0 Å². The lowest BCUT2D eigenvalue weighted by molar-refractivity contribution is -0.140. The maximum Gasteiger partial charge on any atom is 0.317 e. The van der Waals surface area contributed by atoms with Crippen molar-refractivity contribution in [1.82, 2.24) is 19.6 Å². The average Bonchev–Trinajstić information content (AvgIpc) is 2.58. The van der Waals surface area contributed by atoms with E-state index in [1.165, 1.54) is 0 Å². The van der Waals surface area contributed by atoms with Gasteiger partial charge in [0.2, 0.25) is 0 Å². The van der Waals surface area contributed by atoms with Gasteiger partial charge in [0, 0.05) is 52.4 Å². The Morgan fingerprint density at radius 3 is 1.03 bits per heavy atom. The van der Waals surface area contributed by atoms with E-state index in [0.29, 0.717) is 52.4 Å². The summed E-state index contributed by atoms with van der Waals surface area (Å²) < 4.78 is 0. The molecule has 12 nitrogen and oxygen atoms in total. The number of hydrogen-bond acceptors (Lipinski definition) is 8. The fourth-order valence-corrected chi connectivity index (χ4v) is 3.84. The first kappa shape index (κ1) is 26.8. The van der Waals surface area contributed by atoms with Crippen molar-refractivity contribution in [2.75, 3.05) is 78.5 Å². The Kier molecular flexibility index (Phi) is 10.8. The van der Waals surface area contributed by atoms with E-state index in [0.717, 1.165) is 0 Å². The Bertz CT molecular complexity index is 590. The van der Waals surface area contributed by atoms with Crippen LogP contribution in [0.1, 0.15) is 13.8 Å². The predicted molar refractivity (Wildman–Crippen MR) is 110 cm³/mol. The van der Waals surface area contributed by atoms with Gasteiger partial charge in [-0.1, -0.05) is 13.8 Å². The van der Waals surface area contributed by atoms with E-state index in [4.69, 9.17) is 0 Å². The van der Waals surface area contributed by atoms with Gasteiger partial charge in [0.25, 0.3) is 0 Å². The number of carboxylic acids is 4. The van der Waals surface area contributed by atoms with Crippen LogP contribution in [0.2, 0.25) is 0 Å². The quantitative estimate of drug-likeness (QED) is 0.344. The van der Waals surface area contributed by atoms with E-state index in [2.05, 4.69) is 0 Å². The van der Waals surface area contributed by atoms with Gasteiger partial charge in [0.1, 0.15) is 0 Å². The lowest BCUT2D eigenvalue weighted by Crippen LogP contribution is -2.47. The average molecular weight is 447 g/mol. The molecule has 1 fully saturated rings. The molecule has 1 aliphatic rings. The van der Waals surface area contributed by atoms with Gasteiger partial charge in [-0.3, -0.25) is 38.8 Å². The SMILES string of the molecule is CC1(C)CN(CC(=O)O)CCN(CC(=O)O)CCN(CC(=O)O)CCN(CC(=O)O)C1. The summed E-state index contributed by atoms with van der Waals surface area (Å²) in [5.74, 6) is -4.04. The number of carboxylic acid groups (broad SMARTS) is 4. The molecular weight excluding hydrogens is 412 g/mol. The first-order valence-corrected chi connectivity index (χ1v) is 10.1. The number of hydrogen-bond donors (Lipinski definition) is 4. The molecule has 1 saturated heterocycles. The van der Waals surface area contributed by atoms with Gasteiger partial charge >= 0.3 is 23.9 Å². The van der Waals surface area contributed by atoms with Crippen LogP contribution in [0.25, 0.3) is 0 Å². The van der Waals surface area contributed by atoms with Crippen LogP contribution in [-0.4, -0.2) is 142 Å². The van der Waals surface area contributed by atoms with Gasteiger partial charge in [0.15, 0.2) is 0 Å². The van der Waals surface area contributed by atoms with E-state index >= 15 is 0 Å². The van der Waals surface area contributed by atoms with Crippen LogP contribution in [0.3, 0.4) is 0 Å². The molecule has 0 aromatic heterocycles. The second-order valence-electron chi connectivity index (χ2n) is 8.71. The van der Waals surface area contributed by atoms with Gasteiger partial charge < -0.3 is 20.4 Å². The third-order valence-corrected chi connectivity index (χ3v) is 4.94. The maximum atomic E-state index is 11.3. The molecule has 1 heterocycles. The second-order valence-corrected chi connectivity index (χ2v) is 8.71. The minimum absolute atomic E-state index is 0.214. The van der Waals surface area contributed by atoms with Crippen LogP contribution in [0.5, 0.6) is 0 Å².